The third kappa shape index (κ3) is 6.85. The summed E-state index contributed by atoms with van der Waals surface area (Å²) in [6, 6.07) is 22.0. The Labute approximate surface area is 280 Å². The maximum absolute atomic E-state index is 14.0. The molecular formula is C37H34F4N6O2. The summed E-state index contributed by atoms with van der Waals surface area (Å²) in [6.45, 7) is 5.20. The molecule has 1 unspecified atom stereocenters. The Morgan fingerprint density at radius 2 is 1.76 bits per heavy atom. The molecule has 0 bridgehead atoms. The predicted octanol–water partition coefficient (Wildman–Crippen LogP) is 6.96. The van der Waals surface area contributed by atoms with Gasteiger partial charge in [0.25, 0.3) is 5.56 Å². The van der Waals surface area contributed by atoms with E-state index in [4.69, 9.17) is 4.74 Å². The van der Waals surface area contributed by atoms with E-state index in [0.717, 1.165) is 17.8 Å². The molecule has 0 N–H and O–H groups in total. The second kappa shape index (κ2) is 13.7. The minimum atomic E-state index is -4.53. The van der Waals surface area contributed by atoms with Crippen molar-refractivity contribution in [2.75, 3.05) is 25.1 Å². The standard InChI is InChI=1S/C37H34F4N6O2/c1-4-28-22-45(23(2)20-46(28)36(25-7-10-27(38)11-8-25)31-14-9-26(19-43-31)37(39,40)41)34-17-33-30(44-32(34)18-42)15-16-35(48)47(33)21-24-5-12-29(49-3)13-6-24/h5-17,19,23,28,36H,4,20-22H2,1-3H3/t23-,28+,36?/m0/s1. The molecule has 0 aliphatic carbocycles. The molecule has 2 aromatic carbocycles. The third-order valence-electron chi connectivity index (χ3n) is 9.13. The number of alkyl halides is 3. The molecule has 6 rings (SSSR count). The monoisotopic (exact) mass is 670 g/mol. The number of halogens is 4. The number of rotatable bonds is 8. The highest BCUT2D eigenvalue weighted by Gasteiger charge is 2.38. The summed E-state index contributed by atoms with van der Waals surface area (Å²) in [5.74, 6) is 0.275. The molecule has 1 saturated heterocycles. The Balaban J connectivity index is 1.38. The molecule has 3 atom stereocenters. The van der Waals surface area contributed by atoms with Crippen molar-refractivity contribution in [2.24, 2.45) is 0 Å². The lowest BCUT2D eigenvalue weighted by atomic mass is 9.94. The van der Waals surface area contributed by atoms with Crippen molar-refractivity contribution < 1.29 is 22.3 Å². The summed E-state index contributed by atoms with van der Waals surface area (Å²) in [6.07, 6.45) is -3.04. The fraction of sp³-hybridized carbons (Fsp3) is 0.297. The lowest BCUT2D eigenvalue weighted by Gasteiger charge is -2.49. The van der Waals surface area contributed by atoms with Gasteiger partial charge in [-0.3, -0.25) is 14.7 Å². The average Bonchev–Trinajstić information content (AvgIpc) is 3.10. The van der Waals surface area contributed by atoms with E-state index in [1.807, 2.05) is 44.2 Å². The highest BCUT2D eigenvalue weighted by Crippen LogP contribution is 2.37. The molecule has 5 aromatic rings. The fourth-order valence-corrected chi connectivity index (χ4v) is 6.57. The summed E-state index contributed by atoms with van der Waals surface area (Å²) in [7, 11) is 1.59. The lowest BCUT2D eigenvalue weighted by molar-refractivity contribution is -0.137. The molecule has 1 fully saturated rings. The molecule has 0 spiro atoms. The molecule has 0 radical (unpaired) electrons. The maximum Gasteiger partial charge on any atom is 0.417 e. The van der Waals surface area contributed by atoms with Gasteiger partial charge in [0.15, 0.2) is 5.69 Å². The predicted molar refractivity (Wildman–Crippen MR) is 178 cm³/mol. The van der Waals surface area contributed by atoms with E-state index < -0.39 is 23.6 Å². The third-order valence-corrected chi connectivity index (χ3v) is 9.13. The molecule has 1 aliphatic rings. The Morgan fingerprint density at radius 3 is 2.37 bits per heavy atom. The Bertz CT molecular complexity index is 2040. The number of fused-ring (bicyclic) bond motifs is 1. The second-order valence-electron chi connectivity index (χ2n) is 12.2. The van der Waals surface area contributed by atoms with Crippen molar-refractivity contribution in [1.29, 1.82) is 5.26 Å². The summed E-state index contributed by atoms with van der Waals surface area (Å²) < 4.78 is 61.1. The zero-order chi connectivity index (χ0) is 34.9. The van der Waals surface area contributed by atoms with Crippen LogP contribution < -0.4 is 15.2 Å². The van der Waals surface area contributed by atoms with Crippen LogP contribution in [0.4, 0.5) is 23.2 Å². The number of aromatic nitrogens is 3. The number of hydrogen-bond acceptors (Lipinski definition) is 7. The van der Waals surface area contributed by atoms with E-state index in [0.29, 0.717) is 53.2 Å². The molecule has 3 aromatic heterocycles. The SMILES string of the molecule is CC[C@@H]1CN(c2cc3c(ccc(=O)n3Cc3ccc(OC)cc3)nc2C#N)[C@@H](C)CN1C(c1ccc(F)cc1)c1ccc(C(F)(F)F)cn1. The van der Waals surface area contributed by atoms with Crippen molar-refractivity contribution in [3.63, 3.8) is 0 Å². The van der Waals surface area contributed by atoms with Gasteiger partial charge >= 0.3 is 6.18 Å². The van der Waals surface area contributed by atoms with Gasteiger partial charge in [0.1, 0.15) is 17.6 Å². The smallest absolute Gasteiger partial charge is 0.417 e. The van der Waals surface area contributed by atoms with Crippen molar-refractivity contribution >= 4 is 16.7 Å². The average molecular weight is 671 g/mol. The van der Waals surface area contributed by atoms with Gasteiger partial charge in [-0.1, -0.05) is 31.2 Å². The summed E-state index contributed by atoms with van der Waals surface area (Å²) >= 11 is 0. The van der Waals surface area contributed by atoms with E-state index in [-0.39, 0.29) is 29.9 Å². The molecule has 1 aliphatic heterocycles. The van der Waals surface area contributed by atoms with E-state index in [1.165, 1.54) is 24.3 Å². The topological polar surface area (TPSA) is 87.3 Å². The molecule has 8 nitrogen and oxygen atoms in total. The normalized spacial score (nSPS) is 17.6. The summed E-state index contributed by atoms with van der Waals surface area (Å²) in [4.78, 5) is 26.4. The molecule has 12 heteroatoms. The van der Waals surface area contributed by atoms with Gasteiger partial charge in [0.2, 0.25) is 0 Å². The van der Waals surface area contributed by atoms with Crippen LogP contribution in [0, 0.1) is 17.1 Å². The second-order valence-corrected chi connectivity index (χ2v) is 12.2. The number of pyridine rings is 3. The highest BCUT2D eigenvalue weighted by molar-refractivity contribution is 5.81. The summed E-state index contributed by atoms with van der Waals surface area (Å²) in [5.41, 5.74) is 2.82. The quantitative estimate of drug-likeness (QED) is 0.165. The summed E-state index contributed by atoms with van der Waals surface area (Å²) in [5, 5.41) is 10.2. The van der Waals surface area contributed by atoms with E-state index in [1.54, 1.807) is 29.9 Å². The molecule has 49 heavy (non-hydrogen) atoms. The van der Waals surface area contributed by atoms with Crippen LogP contribution in [0.5, 0.6) is 5.75 Å². The van der Waals surface area contributed by atoms with Gasteiger partial charge in [0.05, 0.1) is 47.7 Å². The van der Waals surface area contributed by atoms with Crippen molar-refractivity contribution in [1.82, 2.24) is 19.4 Å². The number of methoxy groups -OCH3 is 1. The van der Waals surface area contributed by atoms with E-state index >= 15 is 0 Å². The number of anilines is 1. The van der Waals surface area contributed by atoms with E-state index in [2.05, 4.69) is 25.8 Å². The first-order valence-corrected chi connectivity index (χ1v) is 15.9. The highest BCUT2D eigenvalue weighted by atomic mass is 19.4. The molecular weight excluding hydrogens is 636 g/mol. The van der Waals surface area contributed by atoms with Crippen LogP contribution in [0.25, 0.3) is 11.0 Å². The maximum atomic E-state index is 14.0. The first-order chi connectivity index (χ1) is 23.5. The number of ether oxygens (including phenoxy) is 1. The number of hydrogen-bond donors (Lipinski definition) is 0. The van der Waals surface area contributed by atoms with Crippen LogP contribution in [0.15, 0.2) is 89.9 Å². The Morgan fingerprint density at radius 1 is 1.02 bits per heavy atom. The molecule has 0 saturated carbocycles. The number of piperazine rings is 1. The van der Waals surface area contributed by atoms with Crippen LogP contribution in [-0.2, 0) is 12.7 Å². The van der Waals surface area contributed by atoms with Crippen LogP contribution in [0.3, 0.4) is 0 Å². The van der Waals surface area contributed by atoms with Crippen LogP contribution in [0.1, 0.15) is 54.4 Å². The lowest BCUT2D eigenvalue weighted by Crippen LogP contribution is -2.58. The van der Waals surface area contributed by atoms with Crippen molar-refractivity contribution in [2.45, 2.75) is 51.1 Å². The van der Waals surface area contributed by atoms with Crippen LogP contribution in [-0.4, -0.2) is 51.7 Å². The van der Waals surface area contributed by atoms with Crippen LogP contribution in [0.2, 0.25) is 0 Å². The van der Waals surface area contributed by atoms with Gasteiger partial charge in [-0.05, 0) is 73.0 Å². The first-order valence-electron chi connectivity index (χ1n) is 15.9. The molecule has 0 amide bonds. The van der Waals surface area contributed by atoms with Gasteiger partial charge in [-0.25, -0.2) is 9.37 Å². The zero-order valence-corrected chi connectivity index (χ0v) is 27.2. The Kier molecular flexibility index (Phi) is 9.39. The van der Waals surface area contributed by atoms with Crippen molar-refractivity contribution in [3.05, 3.63) is 129 Å². The van der Waals surface area contributed by atoms with Crippen molar-refractivity contribution in [3.8, 4) is 11.8 Å². The minimum absolute atomic E-state index is 0.144. The Hall–Kier alpha value is -5.28. The van der Waals surface area contributed by atoms with Gasteiger partial charge in [-0.15, -0.1) is 0 Å². The molecule has 4 heterocycles. The minimum Gasteiger partial charge on any atom is -0.497 e. The van der Waals surface area contributed by atoms with Crippen LogP contribution >= 0.6 is 0 Å². The van der Waals surface area contributed by atoms with Gasteiger partial charge in [-0.2, -0.15) is 18.4 Å². The number of benzene rings is 2. The fourth-order valence-electron chi connectivity index (χ4n) is 6.57. The largest absolute Gasteiger partial charge is 0.497 e. The zero-order valence-electron chi connectivity index (χ0n) is 27.2. The van der Waals surface area contributed by atoms with Gasteiger partial charge in [0, 0.05) is 37.4 Å². The first kappa shape index (κ1) is 33.6. The van der Waals surface area contributed by atoms with Gasteiger partial charge < -0.3 is 14.2 Å². The van der Waals surface area contributed by atoms with E-state index in [9.17, 15) is 27.6 Å². The molecule has 252 valence electrons. The number of nitriles is 1. The number of nitrogens with zero attached hydrogens (tertiary/aromatic N) is 6.